The molecule has 0 atom stereocenters. The Morgan fingerprint density at radius 1 is 1.07 bits per heavy atom. The average molecular weight is 644 g/mol. The Morgan fingerprint density at radius 3 is 2.33 bits per heavy atom. The summed E-state index contributed by atoms with van der Waals surface area (Å²) in [5.41, 5.74) is -1.24. The third kappa shape index (κ3) is 7.71. The van der Waals surface area contributed by atoms with Crippen LogP contribution < -0.4 is 16.0 Å². The zero-order valence-corrected chi connectivity index (χ0v) is 27.1. The van der Waals surface area contributed by atoms with E-state index in [-0.39, 0.29) is 63.2 Å². The fraction of sp³-hybridized carbons (Fsp3) is 0.500. The summed E-state index contributed by atoms with van der Waals surface area (Å²) >= 11 is 13.2. The Balaban J connectivity index is 1.81. The number of halogens is 3. The normalized spacial score (nSPS) is 15.2. The van der Waals surface area contributed by atoms with E-state index in [9.17, 15) is 23.6 Å². The minimum Gasteiger partial charge on any atom is -0.353 e. The highest BCUT2D eigenvalue weighted by Crippen LogP contribution is 2.38. The van der Waals surface area contributed by atoms with Crippen molar-refractivity contribution < 1.29 is 23.6 Å². The van der Waals surface area contributed by atoms with Crippen molar-refractivity contribution >= 4 is 69.7 Å². The van der Waals surface area contributed by atoms with Crippen LogP contribution in [0.1, 0.15) is 49.2 Å². The number of rotatable bonds is 8. The molecule has 2 heterocycles. The van der Waals surface area contributed by atoms with Crippen molar-refractivity contribution in [2.24, 2.45) is 0 Å². The van der Waals surface area contributed by atoms with E-state index in [1.807, 2.05) is 39.8 Å². The standard InChI is InChI=1S/C28H37Cl2FN6O4S/c1-27(2,3)19-14-18(34-26(41)33-17-9-8-16(31)21(29)22(17)30)23(42-19)24(39)37-13-12-36(25(40)28(37,4)5)15-20(38)32-10-11-35(6)7/h8-9,14H,10-13,15H2,1-7H3,(H,32,38)(H2,33,34,41). The Morgan fingerprint density at radius 2 is 1.71 bits per heavy atom. The Labute approximate surface area is 259 Å². The van der Waals surface area contributed by atoms with Gasteiger partial charge < -0.3 is 30.7 Å². The van der Waals surface area contributed by atoms with Crippen molar-refractivity contribution in [3.05, 3.63) is 43.8 Å². The summed E-state index contributed by atoms with van der Waals surface area (Å²) in [6.07, 6.45) is 0. The molecule has 0 radical (unpaired) electrons. The van der Waals surface area contributed by atoms with Gasteiger partial charge in [0, 0.05) is 31.1 Å². The molecule has 1 aromatic heterocycles. The highest BCUT2D eigenvalue weighted by Gasteiger charge is 2.45. The number of benzene rings is 1. The number of nitrogens with zero attached hydrogens (tertiary/aromatic N) is 3. The summed E-state index contributed by atoms with van der Waals surface area (Å²) in [6, 6.07) is 3.36. The maximum atomic E-state index is 14.0. The molecule has 0 aliphatic carbocycles. The summed E-state index contributed by atoms with van der Waals surface area (Å²) in [4.78, 5) is 58.7. The van der Waals surface area contributed by atoms with Gasteiger partial charge in [-0.1, -0.05) is 44.0 Å². The first kappa shape index (κ1) is 33.6. The molecule has 3 rings (SSSR count). The minimum absolute atomic E-state index is 0.0910. The second kappa shape index (κ2) is 13.2. The number of likely N-dealkylation sites (N-methyl/N-ethyl adjacent to an activating group) is 1. The van der Waals surface area contributed by atoms with Gasteiger partial charge in [0.05, 0.1) is 28.0 Å². The van der Waals surface area contributed by atoms with Gasteiger partial charge in [-0.05, 0) is 51.6 Å². The largest absolute Gasteiger partial charge is 0.353 e. The SMILES string of the molecule is CN(C)CCNC(=O)CN1CCN(C(=O)c2sc(C(C)(C)C)cc2NC(=O)Nc2ccc(F)c(Cl)c2Cl)C(C)(C)C1=O. The van der Waals surface area contributed by atoms with Gasteiger partial charge in [0.15, 0.2) is 0 Å². The molecule has 14 heteroatoms. The van der Waals surface area contributed by atoms with Crippen molar-refractivity contribution in [2.75, 3.05) is 57.5 Å². The summed E-state index contributed by atoms with van der Waals surface area (Å²) in [6.45, 7) is 10.6. The van der Waals surface area contributed by atoms with Crippen LogP contribution in [-0.4, -0.2) is 90.8 Å². The first-order chi connectivity index (χ1) is 19.4. The summed E-state index contributed by atoms with van der Waals surface area (Å²) in [5, 5.41) is 7.55. The number of hydrogen-bond acceptors (Lipinski definition) is 6. The van der Waals surface area contributed by atoms with Crippen LogP contribution >= 0.6 is 34.5 Å². The number of carbonyl (C=O) groups is 4. The van der Waals surface area contributed by atoms with E-state index in [1.54, 1.807) is 19.9 Å². The highest BCUT2D eigenvalue weighted by atomic mass is 35.5. The number of urea groups is 1. The van der Waals surface area contributed by atoms with Crippen molar-refractivity contribution in [1.29, 1.82) is 0 Å². The first-order valence-electron chi connectivity index (χ1n) is 13.3. The van der Waals surface area contributed by atoms with Crippen molar-refractivity contribution in [1.82, 2.24) is 20.0 Å². The lowest BCUT2D eigenvalue weighted by Crippen LogP contribution is -2.65. The topological polar surface area (TPSA) is 114 Å². The van der Waals surface area contributed by atoms with Crippen LogP contribution in [0.15, 0.2) is 18.2 Å². The molecular formula is C28H37Cl2FN6O4S. The number of hydrogen-bond donors (Lipinski definition) is 3. The maximum Gasteiger partial charge on any atom is 0.323 e. The fourth-order valence-electron chi connectivity index (χ4n) is 4.29. The second-order valence-electron chi connectivity index (χ2n) is 11.8. The molecule has 1 aliphatic rings. The molecule has 42 heavy (non-hydrogen) atoms. The molecule has 1 aliphatic heterocycles. The van der Waals surface area contributed by atoms with Crippen molar-refractivity contribution in [3.63, 3.8) is 0 Å². The summed E-state index contributed by atoms with van der Waals surface area (Å²) in [5.74, 6) is -1.78. The van der Waals surface area contributed by atoms with Gasteiger partial charge in [-0.25, -0.2) is 9.18 Å². The van der Waals surface area contributed by atoms with Crippen LogP contribution in [0, 0.1) is 5.82 Å². The van der Waals surface area contributed by atoms with Crippen LogP contribution in [0.5, 0.6) is 0 Å². The van der Waals surface area contributed by atoms with Crippen LogP contribution in [0.2, 0.25) is 10.0 Å². The molecule has 1 aromatic carbocycles. The number of anilines is 2. The van der Waals surface area contributed by atoms with E-state index < -0.39 is 23.3 Å². The van der Waals surface area contributed by atoms with Gasteiger partial charge in [0.1, 0.15) is 16.2 Å². The molecule has 230 valence electrons. The zero-order valence-electron chi connectivity index (χ0n) is 24.8. The number of thiophene rings is 1. The van der Waals surface area contributed by atoms with Gasteiger partial charge in [-0.3, -0.25) is 14.4 Å². The third-order valence-corrected chi connectivity index (χ3v) is 9.14. The monoisotopic (exact) mass is 642 g/mol. The molecule has 1 fully saturated rings. The maximum absolute atomic E-state index is 14.0. The lowest BCUT2D eigenvalue weighted by Gasteiger charge is -2.45. The average Bonchev–Trinajstić information content (AvgIpc) is 3.31. The number of nitrogens with one attached hydrogen (secondary N) is 3. The molecule has 1 saturated heterocycles. The number of amides is 5. The Bertz CT molecular complexity index is 1370. The summed E-state index contributed by atoms with van der Waals surface area (Å²) in [7, 11) is 3.80. The molecular weight excluding hydrogens is 606 g/mol. The third-order valence-electron chi connectivity index (χ3n) is 6.74. The molecule has 0 spiro atoms. The quantitative estimate of drug-likeness (QED) is 0.355. The zero-order chi connectivity index (χ0) is 31.6. The molecule has 5 amide bonds. The molecule has 0 bridgehead atoms. The Kier molecular flexibility index (Phi) is 10.5. The van der Waals surface area contributed by atoms with Crippen molar-refractivity contribution in [2.45, 2.75) is 45.6 Å². The molecule has 2 aromatic rings. The molecule has 0 saturated carbocycles. The van der Waals surface area contributed by atoms with Crippen molar-refractivity contribution in [3.8, 4) is 0 Å². The Hall–Kier alpha value is -2.93. The first-order valence-corrected chi connectivity index (χ1v) is 14.9. The van der Waals surface area contributed by atoms with E-state index in [2.05, 4.69) is 16.0 Å². The lowest BCUT2D eigenvalue weighted by molar-refractivity contribution is -0.149. The van der Waals surface area contributed by atoms with Gasteiger partial charge in [-0.2, -0.15) is 0 Å². The van der Waals surface area contributed by atoms with E-state index in [1.165, 1.54) is 27.2 Å². The predicted octanol–water partition coefficient (Wildman–Crippen LogP) is 4.88. The van der Waals surface area contributed by atoms with Crippen LogP contribution in [0.4, 0.5) is 20.6 Å². The van der Waals surface area contributed by atoms with Crippen LogP contribution in [-0.2, 0) is 15.0 Å². The molecule has 0 unspecified atom stereocenters. The fourth-order valence-corrected chi connectivity index (χ4v) is 5.78. The van der Waals surface area contributed by atoms with E-state index >= 15 is 0 Å². The van der Waals surface area contributed by atoms with E-state index in [4.69, 9.17) is 23.2 Å². The van der Waals surface area contributed by atoms with Gasteiger partial charge in [-0.15, -0.1) is 11.3 Å². The van der Waals surface area contributed by atoms with Gasteiger partial charge >= 0.3 is 6.03 Å². The van der Waals surface area contributed by atoms with E-state index in [0.717, 1.165) is 10.9 Å². The van der Waals surface area contributed by atoms with Gasteiger partial charge in [0.2, 0.25) is 11.8 Å². The lowest BCUT2D eigenvalue weighted by atomic mass is 9.94. The molecule has 10 nitrogen and oxygen atoms in total. The smallest absolute Gasteiger partial charge is 0.323 e. The van der Waals surface area contributed by atoms with Gasteiger partial charge in [0.25, 0.3) is 5.91 Å². The second-order valence-corrected chi connectivity index (χ2v) is 13.6. The number of piperazine rings is 1. The van der Waals surface area contributed by atoms with Crippen LogP contribution in [0.3, 0.4) is 0 Å². The van der Waals surface area contributed by atoms with Crippen LogP contribution in [0.25, 0.3) is 0 Å². The highest BCUT2D eigenvalue weighted by molar-refractivity contribution is 7.14. The molecule has 3 N–H and O–H groups in total. The van der Waals surface area contributed by atoms with E-state index in [0.29, 0.717) is 13.1 Å². The predicted molar refractivity (Wildman–Crippen MR) is 165 cm³/mol. The minimum atomic E-state index is -1.25. The summed E-state index contributed by atoms with van der Waals surface area (Å²) < 4.78 is 13.7. The number of carbonyl (C=O) groups excluding carboxylic acids is 4.